The van der Waals surface area contributed by atoms with Crippen LogP contribution in [0.5, 0.6) is 11.5 Å². The molecule has 1 N–H and O–H groups in total. The SMILES string of the molecule is COc1ccc(OC)c(N(CC(=O)N(Cc2ccccc2Cl)C(C)C(=O)NC2CCCC2)S(=O)(=O)c2ccc(C)cc2)c1. The highest BCUT2D eigenvalue weighted by Gasteiger charge is 2.35. The van der Waals surface area contributed by atoms with Gasteiger partial charge in [0.1, 0.15) is 24.1 Å². The number of sulfonamides is 1. The van der Waals surface area contributed by atoms with Crippen molar-refractivity contribution in [2.75, 3.05) is 25.1 Å². The molecule has 1 saturated carbocycles. The van der Waals surface area contributed by atoms with Crippen LogP contribution in [-0.2, 0) is 26.2 Å². The molecule has 0 aromatic heterocycles. The highest BCUT2D eigenvalue weighted by molar-refractivity contribution is 7.92. The van der Waals surface area contributed by atoms with E-state index in [9.17, 15) is 18.0 Å². The third-order valence-corrected chi connectivity index (χ3v) is 9.85. The highest BCUT2D eigenvalue weighted by atomic mass is 35.5. The molecule has 1 aliphatic rings. The molecule has 2 amide bonds. The van der Waals surface area contributed by atoms with Crippen LogP contribution < -0.4 is 19.1 Å². The molecule has 1 unspecified atom stereocenters. The van der Waals surface area contributed by atoms with Gasteiger partial charge in [0.15, 0.2) is 0 Å². The van der Waals surface area contributed by atoms with E-state index in [4.69, 9.17) is 21.1 Å². The molecular weight excluding hydrogens is 590 g/mol. The van der Waals surface area contributed by atoms with E-state index in [0.717, 1.165) is 35.6 Å². The summed E-state index contributed by atoms with van der Waals surface area (Å²) in [7, 11) is -1.40. The second-order valence-electron chi connectivity index (χ2n) is 10.6. The van der Waals surface area contributed by atoms with Crippen molar-refractivity contribution in [3.8, 4) is 11.5 Å². The zero-order valence-corrected chi connectivity index (χ0v) is 26.5. The number of amides is 2. The van der Waals surface area contributed by atoms with E-state index in [0.29, 0.717) is 16.3 Å². The van der Waals surface area contributed by atoms with Crippen LogP contribution >= 0.6 is 11.6 Å². The molecule has 230 valence electrons. The summed E-state index contributed by atoms with van der Waals surface area (Å²) in [4.78, 5) is 29.0. The van der Waals surface area contributed by atoms with E-state index in [2.05, 4.69) is 5.32 Å². The Kier molecular flexibility index (Phi) is 10.6. The number of hydrogen-bond donors (Lipinski definition) is 1. The number of hydrogen-bond acceptors (Lipinski definition) is 6. The molecule has 0 saturated heterocycles. The fourth-order valence-corrected chi connectivity index (χ4v) is 6.74. The number of ether oxygens (including phenoxy) is 2. The van der Waals surface area contributed by atoms with Crippen molar-refractivity contribution in [3.05, 3.63) is 82.9 Å². The monoisotopic (exact) mass is 627 g/mol. The van der Waals surface area contributed by atoms with E-state index < -0.39 is 28.5 Å². The Morgan fingerprint density at radius 1 is 1.00 bits per heavy atom. The van der Waals surface area contributed by atoms with E-state index in [1.165, 1.54) is 37.3 Å². The maximum atomic E-state index is 14.2. The summed E-state index contributed by atoms with van der Waals surface area (Å²) in [6.07, 6.45) is 3.84. The maximum absolute atomic E-state index is 14.2. The number of carbonyl (C=O) groups is 2. The van der Waals surface area contributed by atoms with Gasteiger partial charge in [0.25, 0.3) is 10.0 Å². The minimum absolute atomic E-state index is 0.000418. The second kappa shape index (κ2) is 14.1. The minimum atomic E-state index is -4.28. The average molecular weight is 628 g/mol. The van der Waals surface area contributed by atoms with Crippen molar-refractivity contribution in [1.82, 2.24) is 10.2 Å². The first-order chi connectivity index (χ1) is 20.5. The Morgan fingerprint density at radius 2 is 1.67 bits per heavy atom. The Bertz CT molecular complexity index is 1540. The first kappa shape index (κ1) is 32.2. The normalized spacial score (nSPS) is 14.2. The van der Waals surface area contributed by atoms with Crippen LogP contribution in [0.1, 0.15) is 43.7 Å². The van der Waals surface area contributed by atoms with Gasteiger partial charge in [0, 0.05) is 23.7 Å². The molecule has 1 aliphatic carbocycles. The fourth-order valence-electron chi connectivity index (χ4n) is 5.13. The molecule has 0 aliphatic heterocycles. The van der Waals surface area contributed by atoms with Crippen molar-refractivity contribution in [3.63, 3.8) is 0 Å². The van der Waals surface area contributed by atoms with Crippen LogP contribution in [0.2, 0.25) is 5.02 Å². The lowest BCUT2D eigenvalue weighted by molar-refractivity contribution is -0.139. The summed E-state index contributed by atoms with van der Waals surface area (Å²) in [5.74, 6) is -0.285. The van der Waals surface area contributed by atoms with Crippen molar-refractivity contribution in [2.45, 2.75) is 63.1 Å². The third kappa shape index (κ3) is 7.61. The molecule has 3 aromatic rings. The summed E-state index contributed by atoms with van der Waals surface area (Å²) in [5, 5.41) is 3.49. The van der Waals surface area contributed by atoms with Crippen molar-refractivity contribution in [2.24, 2.45) is 0 Å². The number of anilines is 1. The Labute approximate surface area is 258 Å². The van der Waals surface area contributed by atoms with Gasteiger partial charge in [0.2, 0.25) is 11.8 Å². The lowest BCUT2D eigenvalue weighted by atomic mass is 10.1. The largest absolute Gasteiger partial charge is 0.497 e. The molecule has 1 atom stereocenters. The number of methoxy groups -OCH3 is 2. The molecule has 0 bridgehead atoms. The van der Waals surface area contributed by atoms with Crippen LogP contribution in [-0.4, -0.2) is 58.0 Å². The topological polar surface area (TPSA) is 105 Å². The van der Waals surface area contributed by atoms with Crippen LogP contribution in [0.25, 0.3) is 0 Å². The van der Waals surface area contributed by atoms with Crippen molar-refractivity contribution >= 4 is 39.1 Å². The van der Waals surface area contributed by atoms with E-state index >= 15 is 0 Å². The van der Waals surface area contributed by atoms with Gasteiger partial charge in [-0.25, -0.2) is 8.42 Å². The van der Waals surface area contributed by atoms with Crippen LogP contribution in [0.15, 0.2) is 71.6 Å². The third-order valence-electron chi connectivity index (χ3n) is 7.71. The molecule has 11 heteroatoms. The van der Waals surface area contributed by atoms with Gasteiger partial charge >= 0.3 is 0 Å². The second-order valence-corrected chi connectivity index (χ2v) is 12.9. The average Bonchev–Trinajstić information content (AvgIpc) is 3.51. The summed E-state index contributed by atoms with van der Waals surface area (Å²) in [5.41, 5.74) is 1.63. The number of aryl methyl sites for hydroxylation is 1. The van der Waals surface area contributed by atoms with E-state index in [-0.39, 0.29) is 34.8 Å². The summed E-state index contributed by atoms with van der Waals surface area (Å²) >= 11 is 6.46. The molecule has 4 rings (SSSR count). The van der Waals surface area contributed by atoms with Crippen LogP contribution in [0.3, 0.4) is 0 Å². The van der Waals surface area contributed by atoms with Crippen LogP contribution in [0.4, 0.5) is 5.69 Å². The number of carbonyl (C=O) groups excluding carboxylic acids is 2. The summed E-state index contributed by atoms with van der Waals surface area (Å²) in [6, 6.07) is 17.3. The number of nitrogens with one attached hydrogen (secondary N) is 1. The van der Waals surface area contributed by atoms with Crippen LogP contribution in [0, 0.1) is 6.92 Å². The van der Waals surface area contributed by atoms with Crippen molar-refractivity contribution < 1.29 is 27.5 Å². The van der Waals surface area contributed by atoms with E-state index in [1.54, 1.807) is 55.5 Å². The highest BCUT2D eigenvalue weighted by Crippen LogP contribution is 2.36. The lowest BCUT2D eigenvalue weighted by Gasteiger charge is -2.33. The predicted molar refractivity (Wildman–Crippen MR) is 167 cm³/mol. The molecular formula is C32H38ClN3O6S. The Balaban J connectivity index is 1.76. The Morgan fingerprint density at radius 3 is 2.30 bits per heavy atom. The first-order valence-corrected chi connectivity index (χ1v) is 16.0. The van der Waals surface area contributed by atoms with E-state index in [1.807, 2.05) is 6.92 Å². The molecule has 3 aromatic carbocycles. The number of rotatable bonds is 12. The molecule has 1 fully saturated rings. The number of benzene rings is 3. The van der Waals surface area contributed by atoms with Gasteiger partial charge in [-0.2, -0.15) is 0 Å². The number of nitrogens with zero attached hydrogens (tertiary/aromatic N) is 2. The standard InChI is InChI=1S/C32H38ClN3O6S/c1-22-13-16-27(17-14-22)43(39,40)36(29-19-26(41-3)15-18-30(29)42-4)21-31(37)35(20-24-9-5-8-12-28(24)33)23(2)32(38)34-25-10-6-7-11-25/h5,8-9,12-19,23,25H,6-7,10-11,20-21H2,1-4H3,(H,34,38). The maximum Gasteiger partial charge on any atom is 0.264 e. The fraction of sp³-hybridized carbons (Fsp3) is 0.375. The first-order valence-electron chi connectivity index (χ1n) is 14.2. The van der Waals surface area contributed by atoms with Crippen molar-refractivity contribution in [1.29, 1.82) is 0 Å². The summed E-state index contributed by atoms with van der Waals surface area (Å²) in [6.45, 7) is 2.90. The summed E-state index contributed by atoms with van der Waals surface area (Å²) < 4.78 is 40.2. The lowest BCUT2D eigenvalue weighted by Crippen LogP contribution is -2.52. The zero-order chi connectivity index (χ0) is 31.1. The zero-order valence-electron chi connectivity index (χ0n) is 24.9. The van der Waals surface area contributed by atoms with Gasteiger partial charge in [-0.3, -0.25) is 13.9 Å². The predicted octanol–water partition coefficient (Wildman–Crippen LogP) is 5.34. The van der Waals surface area contributed by atoms with Gasteiger partial charge < -0.3 is 19.7 Å². The van der Waals surface area contributed by atoms with Gasteiger partial charge in [-0.15, -0.1) is 0 Å². The molecule has 0 radical (unpaired) electrons. The molecule has 9 nitrogen and oxygen atoms in total. The molecule has 0 spiro atoms. The number of halogens is 1. The smallest absolute Gasteiger partial charge is 0.264 e. The molecule has 0 heterocycles. The van der Waals surface area contributed by atoms with Gasteiger partial charge in [0.05, 0.1) is 24.8 Å². The van der Waals surface area contributed by atoms with Gasteiger partial charge in [-0.05, 0) is 62.6 Å². The molecule has 43 heavy (non-hydrogen) atoms. The Hall–Kier alpha value is -3.76. The quantitative estimate of drug-likeness (QED) is 0.291. The minimum Gasteiger partial charge on any atom is -0.497 e. The van der Waals surface area contributed by atoms with Gasteiger partial charge in [-0.1, -0.05) is 60.3 Å².